The fraction of sp³-hybridized carbons (Fsp3) is 0.462. The molecule has 4 heteroatoms. The fourth-order valence-corrected chi connectivity index (χ4v) is 2.43. The minimum absolute atomic E-state index is 0.0494. The molecule has 92 valence electrons. The van der Waals surface area contributed by atoms with Gasteiger partial charge in [0.05, 0.1) is 12.7 Å². The van der Waals surface area contributed by atoms with E-state index in [1.165, 1.54) is 6.07 Å². The number of rotatable bonds is 1. The van der Waals surface area contributed by atoms with Crippen molar-refractivity contribution in [1.82, 2.24) is 0 Å². The highest BCUT2D eigenvalue weighted by atomic mass is 16.5. The van der Waals surface area contributed by atoms with E-state index < -0.39 is 5.97 Å². The molecular formula is C13H16O4. The van der Waals surface area contributed by atoms with E-state index in [0.29, 0.717) is 5.56 Å². The number of carboxylic acid groups (broad SMARTS) is 1. The second-order valence-electron chi connectivity index (χ2n) is 4.59. The molecule has 1 heterocycles. The molecule has 1 aromatic carbocycles. The Kier molecular flexibility index (Phi) is 2.83. The molecule has 0 spiro atoms. The molecule has 2 rings (SSSR count). The summed E-state index contributed by atoms with van der Waals surface area (Å²) in [7, 11) is 0. The predicted molar refractivity (Wildman–Crippen MR) is 62.5 cm³/mol. The second-order valence-corrected chi connectivity index (χ2v) is 4.59. The highest BCUT2D eigenvalue weighted by Crippen LogP contribution is 2.39. The van der Waals surface area contributed by atoms with Gasteiger partial charge in [-0.25, -0.2) is 4.79 Å². The molecule has 2 atom stereocenters. The molecule has 1 aromatic rings. The molecule has 2 N–H and O–H groups in total. The maximum absolute atomic E-state index is 11.0. The molecular weight excluding hydrogens is 220 g/mol. The third-order valence-electron chi connectivity index (χ3n) is 3.53. The van der Waals surface area contributed by atoms with Crippen molar-refractivity contribution in [3.8, 4) is 5.75 Å². The Balaban J connectivity index is 2.66. The topological polar surface area (TPSA) is 66.8 Å². The van der Waals surface area contributed by atoms with E-state index in [-0.39, 0.29) is 29.9 Å². The first-order chi connectivity index (χ1) is 7.93. The number of benzene rings is 1. The molecule has 0 aliphatic carbocycles. The molecule has 4 nitrogen and oxygen atoms in total. The smallest absolute Gasteiger partial charge is 0.339 e. The van der Waals surface area contributed by atoms with Crippen molar-refractivity contribution < 1.29 is 19.7 Å². The molecule has 1 aliphatic rings. The quantitative estimate of drug-likeness (QED) is 0.785. The highest BCUT2D eigenvalue weighted by Gasteiger charge is 2.29. The minimum atomic E-state index is -1.11. The zero-order chi connectivity index (χ0) is 12.7. The van der Waals surface area contributed by atoms with Crippen LogP contribution in [0.1, 0.15) is 46.8 Å². The van der Waals surface area contributed by atoms with Crippen molar-refractivity contribution in [2.45, 2.75) is 39.4 Å². The summed E-state index contributed by atoms with van der Waals surface area (Å²) in [5.74, 6) is -1.11. The Bertz CT molecular complexity index is 479. The maximum atomic E-state index is 11.0. The molecule has 0 saturated carbocycles. The van der Waals surface area contributed by atoms with Crippen LogP contribution in [0.2, 0.25) is 0 Å². The van der Waals surface area contributed by atoms with Gasteiger partial charge in [0, 0.05) is 11.5 Å². The maximum Gasteiger partial charge on any atom is 0.339 e. The number of fused-ring (bicyclic) bond motifs is 1. The van der Waals surface area contributed by atoms with Crippen LogP contribution < -0.4 is 0 Å². The summed E-state index contributed by atoms with van der Waals surface area (Å²) in [6.45, 7) is 6.15. The number of hydrogen-bond acceptors (Lipinski definition) is 3. The van der Waals surface area contributed by atoms with E-state index in [0.717, 1.165) is 11.1 Å². The van der Waals surface area contributed by atoms with Gasteiger partial charge in [0.2, 0.25) is 0 Å². The summed E-state index contributed by atoms with van der Waals surface area (Å²) in [5, 5.41) is 19.0. The number of aromatic carboxylic acids is 1. The number of aromatic hydroxyl groups is 1. The number of carbonyl (C=O) groups is 1. The van der Waals surface area contributed by atoms with Gasteiger partial charge in [-0.05, 0) is 31.0 Å². The van der Waals surface area contributed by atoms with E-state index in [2.05, 4.69) is 0 Å². The molecule has 0 bridgehead atoms. The van der Waals surface area contributed by atoms with Crippen molar-refractivity contribution in [1.29, 1.82) is 0 Å². The molecule has 17 heavy (non-hydrogen) atoms. The van der Waals surface area contributed by atoms with Gasteiger partial charge in [0.15, 0.2) is 0 Å². The molecule has 0 unspecified atom stereocenters. The zero-order valence-corrected chi connectivity index (χ0v) is 10.2. The first-order valence-electron chi connectivity index (χ1n) is 5.63. The lowest BCUT2D eigenvalue weighted by Gasteiger charge is -2.31. The van der Waals surface area contributed by atoms with Crippen LogP contribution in [0.5, 0.6) is 5.75 Å². The minimum Gasteiger partial charge on any atom is -0.507 e. The van der Waals surface area contributed by atoms with E-state index in [4.69, 9.17) is 9.84 Å². The van der Waals surface area contributed by atoms with E-state index in [1.54, 1.807) is 0 Å². The molecule has 0 amide bonds. The average molecular weight is 236 g/mol. The zero-order valence-electron chi connectivity index (χ0n) is 10.2. The summed E-state index contributed by atoms with van der Waals surface area (Å²) >= 11 is 0. The summed E-state index contributed by atoms with van der Waals surface area (Å²) < 4.78 is 5.53. The Labute approximate surface area is 99.8 Å². The summed E-state index contributed by atoms with van der Waals surface area (Å²) in [6.07, 6.45) is 0.0799. The third kappa shape index (κ3) is 1.78. The van der Waals surface area contributed by atoms with Crippen LogP contribution in [0.15, 0.2) is 6.07 Å². The van der Waals surface area contributed by atoms with Crippen LogP contribution in [0, 0.1) is 6.92 Å². The summed E-state index contributed by atoms with van der Waals surface area (Å²) in [4.78, 5) is 11.0. The van der Waals surface area contributed by atoms with Crippen LogP contribution in [-0.2, 0) is 11.3 Å². The van der Waals surface area contributed by atoms with Crippen LogP contribution >= 0.6 is 0 Å². The number of ether oxygens (including phenoxy) is 1. The Morgan fingerprint density at radius 1 is 1.47 bits per heavy atom. The fourth-order valence-electron chi connectivity index (χ4n) is 2.43. The van der Waals surface area contributed by atoms with Gasteiger partial charge in [-0.2, -0.15) is 0 Å². The number of aryl methyl sites for hydroxylation is 1. The third-order valence-corrected chi connectivity index (χ3v) is 3.53. The van der Waals surface area contributed by atoms with Crippen molar-refractivity contribution >= 4 is 5.97 Å². The van der Waals surface area contributed by atoms with E-state index in [1.807, 2.05) is 20.8 Å². The molecule has 0 aromatic heterocycles. The van der Waals surface area contributed by atoms with E-state index >= 15 is 0 Å². The van der Waals surface area contributed by atoms with Gasteiger partial charge in [0.1, 0.15) is 11.3 Å². The van der Waals surface area contributed by atoms with Crippen LogP contribution in [0.4, 0.5) is 0 Å². The van der Waals surface area contributed by atoms with Gasteiger partial charge >= 0.3 is 5.97 Å². The van der Waals surface area contributed by atoms with Gasteiger partial charge in [-0.1, -0.05) is 6.92 Å². The number of carboxylic acids is 1. The lowest BCUT2D eigenvalue weighted by atomic mass is 9.84. The van der Waals surface area contributed by atoms with Crippen LogP contribution in [0.25, 0.3) is 0 Å². The lowest BCUT2D eigenvalue weighted by Crippen LogP contribution is -2.25. The Hall–Kier alpha value is -1.55. The first kappa shape index (κ1) is 11.9. The lowest BCUT2D eigenvalue weighted by molar-refractivity contribution is 0.0225. The molecule has 0 radical (unpaired) electrons. The highest BCUT2D eigenvalue weighted by molar-refractivity contribution is 5.92. The van der Waals surface area contributed by atoms with Crippen molar-refractivity contribution in [3.05, 3.63) is 28.3 Å². The molecule has 1 aliphatic heterocycles. The van der Waals surface area contributed by atoms with Crippen molar-refractivity contribution in [3.63, 3.8) is 0 Å². The SMILES string of the molecule is Cc1cc(C(=O)O)c(O)c2c1[C@H](C)[C@@H](C)OC2. The van der Waals surface area contributed by atoms with Gasteiger partial charge in [-0.15, -0.1) is 0 Å². The first-order valence-corrected chi connectivity index (χ1v) is 5.63. The Morgan fingerprint density at radius 3 is 2.71 bits per heavy atom. The van der Waals surface area contributed by atoms with Gasteiger partial charge < -0.3 is 14.9 Å². The molecule has 0 saturated heterocycles. The van der Waals surface area contributed by atoms with E-state index in [9.17, 15) is 9.90 Å². The molecule has 0 fully saturated rings. The normalized spacial score (nSPS) is 23.2. The number of hydrogen-bond donors (Lipinski definition) is 2. The number of phenols is 1. The predicted octanol–water partition coefficient (Wildman–Crippen LogP) is 2.42. The van der Waals surface area contributed by atoms with Crippen molar-refractivity contribution in [2.75, 3.05) is 0 Å². The van der Waals surface area contributed by atoms with Crippen molar-refractivity contribution in [2.24, 2.45) is 0 Å². The average Bonchev–Trinajstić information content (AvgIpc) is 2.26. The van der Waals surface area contributed by atoms with Gasteiger partial charge in [-0.3, -0.25) is 0 Å². The standard InChI is InChI=1S/C13H16O4/c1-6-4-9(13(15)16)12(14)10-5-17-8(3)7(2)11(6)10/h4,7-8,14H,5H2,1-3H3,(H,15,16)/t7-,8-/m1/s1. The summed E-state index contributed by atoms with van der Waals surface area (Å²) in [6, 6.07) is 1.53. The van der Waals surface area contributed by atoms with Gasteiger partial charge in [0.25, 0.3) is 0 Å². The van der Waals surface area contributed by atoms with Crippen LogP contribution in [0.3, 0.4) is 0 Å². The van der Waals surface area contributed by atoms with Crippen LogP contribution in [-0.4, -0.2) is 22.3 Å². The second kappa shape index (κ2) is 4.04. The largest absolute Gasteiger partial charge is 0.507 e. The Morgan fingerprint density at radius 2 is 2.12 bits per heavy atom. The summed E-state index contributed by atoms with van der Waals surface area (Å²) in [5.41, 5.74) is 2.49. The monoisotopic (exact) mass is 236 g/mol.